The van der Waals surface area contributed by atoms with Crippen molar-refractivity contribution >= 4 is 5.69 Å². The van der Waals surface area contributed by atoms with Crippen LogP contribution in [-0.2, 0) is 6.54 Å². The van der Waals surface area contributed by atoms with Crippen LogP contribution in [0.1, 0.15) is 53.7 Å². The predicted molar refractivity (Wildman–Crippen MR) is 83.6 cm³/mol. The first-order chi connectivity index (χ1) is 8.65. The van der Waals surface area contributed by atoms with Gasteiger partial charge in [0.05, 0.1) is 5.69 Å². The van der Waals surface area contributed by atoms with Crippen LogP contribution in [-0.4, -0.2) is 23.1 Å². The highest BCUT2D eigenvalue weighted by atomic mass is 15.2. The van der Waals surface area contributed by atoms with Crippen LogP contribution in [0.4, 0.5) is 5.69 Å². The van der Waals surface area contributed by atoms with E-state index in [9.17, 15) is 0 Å². The second-order valence-electron chi connectivity index (χ2n) is 6.83. The molecule has 19 heavy (non-hydrogen) atoms. The molecule has 3 nitrogen and oxygen atoms in total. The Morgan fingerprint density at radius 2 is 1.84 bits per heavy atom. The molecule has 0 saturated heterocycles. The van der Waals surface area contributed by atoms with E-state index in [2.05, 4.69) is 75.9 Å². The molecule has 0 aliphatic carbocycles. The molecule has 0 unspecified atom stereocenters. The van der Waals surface area contributed by atoms with Crippen LogP contribution >= 0.6 is 0 Å². The second-order valence-corrected chi connectivity index (χ2v) is 6.83. The van der Waals surface area contributed by atoms with Crippen molar-refractivity contribution in [3.05, 3.63) is 24.0 Å². The van der Waals surface area contributed by atoms with Gasteiger partial charge in [-0.05, 0) is 53.2 Å². The summed E-state index contributed by atoms with van der Waals surface area (Å²) in [6.45, 7) is 14.1. The fraction of sp³-hybridized carbons (Fsp3) is 0.688. The molecule has 1 aromatic rings. The molecule has 0 atom stereocenters. The van der Waals surface area contributed by atoms with E-state index in [1.54, 1.807) is 0 Å². The van der Waals surface area contributed by atoms with Crippen LogP contribution in [0.2, 0.25) is 0 Å². The molecule has 3 heteroatoms. The number of aromatic nitrogens is 1. The molecule has 108 valence electrons. The lowest BCUT2D eigenvalue weighted by Crippen LogP contribution is -2.40. The number of nitrogens with zero attached hydrogens (tertiary/aromatic N) is 2. The first-order valence-corrected chi connectivity index (χ1v) is 7.09. The average molecular weight is 263 g/mol. The Balaban J connectivity index is 2.83. The second kappa shape index (κ2) is 5.91. The molecule has 0 aliphatic heterocycles. The predicted octanol–water partition coefficient (Wildman–Crippen LogP) is 3.59. The van der Waals surface area contributed by atoms with Gasteiger partial charge in [0.15, 0.2) is 0 Å². The minimum Gasteiger partial charge on any atom is -0.369 e. The zero-order valence-corrected chi connectivity index (χ0v) is 13.5. The van der Waals surface area contributed by atoms with Gasteiger partial charge >= 0.3 is 0 Å². The summed E-state index contributed by atoms with van der Waals surface area (Å²) in [5.74, 6) is 0. The van der Waals surface area contributed by atoms with Gasteiger partial charge in [-0.15, -0.1) is 0 Å². The fourth-order valence-electron chi connectivity index (χ4n) is 1.71. The SMILES string of the molecule is CCC(C)(C)N(C)c1ccnc(CNC(C)(C)C)c1. The number of pyridine rings is 1. The number of anilines is 1. The van der Waals surface area contributed by atoms with E-state index in [1.807, 2.05) is 6.20 Å². The maximum atomic E-state index is 4.44. The summed E-state index contributed by atoms with van der Waals surface area (Å²) in [6, 6.07) is 4.26. The van der Waals surface area contributed by atoms with Crippen LogP contribution in [0.5, 0.6) is 0 Å². The summed E-state index contributed by atoms with van der Waals surface area (Å²) in [5, 5.41) is 3.48. The van der Waals surface area contributed by atoms with E-state index in [0.717, 1.165) is 18.7 Å². The molecule has 0 aliphatic rings. The molecular formula is C16H29N3. The third-order valence-electron chi connectivity index (χ3n) is 3.76. The third-order valence-corrected chi connectivity index (χ3v) is 3.76. The highest BCUT2D eigenvalue weighted by Gasteiger charge is 2.21. The van der Waals surface area contributed by atoms with Gasteiger partial charge in [0.2, 0.25) is 0 Å². The topological polar surface area (TPSA) is 28.2 Å². The van der Waals surface area contributed by atoms with Gasteiger partial charge in [0.1, 0.15) is 0 Å². The zero-order chi connectivity index (χ0) is 14.7. The van der Waals surface area contributed by atoms with Gasteiger partial charge in [-0.25, -0.2) is 0 Å². The van der Waals surface area contributed by atoms with Crippen molar-refractivity contribution in [1.82, 2.24) is 10.3 Å². The normalized spacial score (nSPS) is 12.6. The monoisotopic (exact) mass is 263 g/mol. The van der Waals surface area contributed by atoms with E-state index in [1.165, 1.54) is 5.69 Å². The Morgan fingerprint density at radius 3 is 2.37 bits per heavy atom. The fourth-order valence-corrected chi connectivity index (χ4v) is 1.71. The molecule has 0 saturated carbocycles. The average Bonchev–Trinajstić information content (AvgIpc) is 2.35. The zero-order valence-electron chi connectivity index (χ0n) is 13.5. The van der Waals surface area contributed by atoms with Crippen molar-refractivity contribution < 1.29 is 0 Å². The van der Waals surface area contributed by atoms with Crippen LogP contribution in [0.3, 0.4) is 0 Å². The maximum absolute atomic E-state index is 4.44. The van der Waals surface area contributed by atoms with Gasteiger partial charge in [-0.1, -0.05) is 6.92 Å². The van der Waals surface area contributed by atoms with Gasteiger partial charge in [0, 0.05) is 36.6 Å². The van der Waals surface area contributed by atoms with Crippen LogP contribution in [0.25, 0.3) is 0 Å². The largest absolute Gasteiger partial charge is 0.369 e. The highest BCUT2D eigenvalue weighted by Crippen LogP contribution is 2.24. The molecule has 1 aromatic heterocycles. The van der Waals surface area contributed by atoms with Crippen molar-refractivity contribution in [2.75, 3.05) is 11.9 Å². The molecular weight excluding hydrogens is 234 g/mol. The Bertz CT molecular complexity index is 405. The van der Waals surface area contributed by atoms with E-state index in [-0.39, 0.29) is 11.1 Å². The standard InChI is InChI=1S/C16H29N3/c1-8-16(5,6)19(7)14-9-10-17-13(11-14)12-18-15(2,3)4/h9-11,18H,8,12H2,1-7H3. The van der Waals surface area contributed by atoms with E-state index in [0.29, 0.717) is 0 Å². The maximum Gasteiger partial charge on any atom is 0.0562 e. The van der Waals surface area contributed by atoms with Crippen molar-refractivity contribution in [2.24, 2.45) is 0 Å². The lowest BCUT2D eigenvalue weighted by Gasteiger charge is -2.37. The quantitative estimate of drug-likeness (QED) is 0.880. The number of rotatable bonds is 5. The first-order valence-electron chi connectivity index (χ1n) is 7.09. The summed E-state index contributed by atoms with van der Waals surface area (Å²) >= 11 is 0. The summed E-state index contributed by atoms with van der Waals surface area (Å²) in [5.41, 5.74) is 2.60. The smallest absolute Gasteiger partial charge is 0.0562 e. The molecule has 1 heterocycles. The lowest BCUT2D eigenvalue weighted by molar-refractivity contribution is 0.421. The van der Waals surface area contributed by atoms with Crippen LogP contribution < -0.4 is 10.2 Å². The molecule has 1 N–H and O–H groups in total. The first kappa shape index (κ1) is 16.0. The molecule has 0 radical (unpaired) electrons. The van der Waals surface area contributed by atoms with Crippen LogP contribution in [0.15, 0.2) is 18.3 Å². The van der Waals surface area contributed by atoms with Gasteiger partial charge in [0.25, 0.3) is 0 Å². The molecule has 0 spiro atoms. The molecule has 0 fully saturated rings. The van der Waals surface area contributed by atoms with Gasteiger partial charge in [-0.3, -0.25) is 4.98 Å². The van der Waals surface area contributed by atoms with Crippen molar-refractivity contribution in [2.45, 2.75) is 65.6 Å². The van der Waals surface area contributed by atoms with Gasteiger partial charge < -0.3 is 10.2 Å². The third kappa shape index (κ3) is 4.83. The van der Waals surface area contributed by atoms with Crippen molar-refractivity contribution in [3.8, 4) is 0 Å². The number of nitrogens with one attached hydrogen (secondary N) is 1. The highest BCUT2D eigenvalue weighted by molar-refractivity contribution is 5.48. The minimum absolute atomic E-state index is 0.117. The van der Waals surface area contributed by atoms with E-state index >= 15 is 0 Å². The number of hydrogen-bond donors (Lipinski definition) is 1. The lowest BCUT2D eigenvalue weighted by atomic mass is 9.99. The van der Waals surface area contributed by atoms with Crippen LogP contribution in [0, 0.1) is 0 Å². The number of hydrogen-bond acceptors (Lipinski definition) is 3. The van der Waals surface area contributed by atoms with Crippen molar-refractivity contribution in [3.63, 3.8) is 0 Å². The van der Waals surface area contributed by atoms with E-state index in [4.69, 9.17) is 0 Å². The Kier molecular flexibility index (Phi) is 4.97. The summed E-state index contributed by atoms with van der Waals surface area (Å²) < 4.78 is 0. The van der Waals surface area contributed by atoms with Gasteiger partial charge in [-0.2, -0.15) is 0 Å². The molecule has 1 rings (SSSR count). The summed E-state index contributed by atoms with van der Waals surface area (Å²) in [7, 11) is 2.15. The summed E-state index contributed by atoms with van der Waals surface area (Å²) in [4.78, 5) is 6.77. The van der Waals surface area contributed by atoms with E-state index < -0.39 is 0 Å². The van der Waals surface area contributed by atoms with Crippen molar-refractivity contribution in [1.29, 1.82) is 0 Å². The molecule has 0 amide bonds. The molecule has 0 bridgehead atoms. The molecule has 0 aromatic carbocycles. The minimum atomic E-state index is 0.117. The summed E-state index contributed by atoms with van der Waals surface area (Å²) in [6.07, 6.45) is 3.01. The Morgan fingerprint density at radius 1 is 1.21 bits per heavy atom. The Hall–Kier alpha value is -1.09. The Labute approximate surface area is 118 Å².